The van der Waals surface area contributed by atoms with Gasteiger partial charge in [0.2, 0.25) is 0 Å². The summed E-state index contributed by atoms with van der Waals surface area (Å²) in [6, 6.07) is 3.77. The molecule has 1 amide bonds. The number of hydrogen-bond acceptors (Lipinski definition) is 2. The summed E-state index contributed by atoms with van der Waals surface area (Å²) in [5.74, 6) is -3.02. The lowest BCUT2D eigenvalue weighted by Gasteiger charge is -2.07. The first-order valence-corrected chi connectivity index (χ1v) is 6.12. The molecule has 0 unspecified atom stereocenters. The maximum absolute atomic E-state index is 13.3. The molecule has 0 spiro atoms. The van der Waals surface area contributed by atoms with E-state index in [1.807, 2.05) is 0 Å². The van der Waals surface area contributed by atoms with Gasteiger partial charge in [0, 0.05) is 12.7 Å². The van der Waals surface area contributed by atoms with Crippen LogP contribution in [0.25, 0.3) is 0 Å². The Morgan fingerprint density at radius 3 is 2.36 bits per heavy atom. The zero-order valence-corrected chi connectivity index (χ0v) is 11.0. The number of amides is 1. The first kappa shape index (κ1) is 15.9. The fourth-order valence-corrected chi connectivity index (χ4v) is 1.72. The molecular formula is C13H10F5N3O. The summed E-state index contributed by atoms with van der Waals surface area (Å²) in [4.78, 5) is 11.6. The molecule has 22 heavy (non-hydrogen) atoms. The molecule has 1 N–H and O–H groups in total. The zero-order chi connectivity index (χ0) is 16.3. The number of nitrogens with one attached hydrogen (secondary N) is 1. The van der Waals surface area contributed by atoms with E-state index in [4.69, 9.17) is 0 Å². The van der Waals surface area contributed by atoms with Crippen molar-refractivity contribution in [2.45, 2.75) is 12.7 Å². The van der Waals surface area contributed by atoms with Crippen LogP contribution in [0.5, 0.6) is 0 Å². The van der Waals surface area contributed by atoms with Crippen molar-refractivity contribution in [3.63, 3.8) is 0 Å². The summed E-state index contributed by atoms with van der Waals surface area (Å²) in [6.07, 6.45) is -3.45. The molecule has 9 heteroatoms. The van der Waals surface area contributed by atoms with Crippen LogP contribution in [0.15, 0.2) is 30.5 Å². The third-order valence-electron chi connectivity index (χ3n) is 2.75. The number of nitrogens with zero attached hydrogens (tertiary/aromatic N) is 2. The van der Waals surface area contributed by atoms with Crippen LogP contribution in [0.4, 0.5) is 22.0 Å². The number of benzene rings is 1. The number of carbonyl (C=O) groups is 1. The van der Waals surface area contributed by atoms with E-state index in [1.54, 1.807) is 0 Å². The Kier molecular flexibility index (Phi) is 4.43. The summed E-state index contributed by atoms with van der Waals surface area (Å²) in [6.45, 7) is -0.205. The number of carbonyl (C=O) groups excluding carboxylic acids is 1. The minimum Gasteiger partial charge on any atom is -0.350 e. The molecular weight excluding hydrogens is 309 g/mol. The largest absolute Gasteiger partial charge is 0.435 e. The molecule has 0 bridgehead atoms. The normalized spacial score (nSPS) is 11.5. The predicted molar refractivity (Wildman–Crippen MR) is 65.9 cm³/mol. The van der Waals surface area contributed by atoms with E-state index in [0.29, 0.717) is 0 Å². The quantitative estimate of drug-likeness (QED) is 0.881. The summed E-state index contributed by atoms with van der Waals surface area (Å²) in [5, 5.41) is 5.49. The van der Waals surface area contributed by atoms with Crippen LogP contribution >= 0.6 is 0 Å². The molecule has 4 nitrogen and oxygen atoms in total. The van der Waals surface area contributed by atoms with Crippen molar-refractivity contribution in [2.24, 2.45) is 0 Å². The Hall–Kier alpha value is -2.45. The van der Waals surface area contributed by atoms with Gasteiger partial charge in [-0.15, -0.1) is 0 Å². The lowest BCUT2D eigenvalue weighted by atomic mass is 10.2. The lowest BCUT2D eigenvalue weighted by Crippen LogP contribution is -2.29. The molecule has 0 fully saturated rings. The Balaban J connectivity index is 1.94. The zero-order valence-electron chi connectivity index (χ0n) is 11.0. The number of alkyl halides is 3. The first-order chi connectivity index (χ1) is 10.3. The predicted octanol–water partition coefficient (Wildman–Crippen LogP) is 2.61. The molecule has 0 aliphatic heterocycles. The molecule has 0 aliphatic rings. The van der Waals surface area contributed by atoms with Crippen molar-refractivity contribution in [1.29, 1.82) is 0 Å². The number of aromatic nitrogens is 2. The van der Waals surface area contributed by atoms with E-state index >= 15 is 0 Å². The number of hydrogen-bond donors (Lipinski definition) is 1. The Morgan fingerprint density at radius 1 is 1.18 bits per heavy atom. The highest BCUT2D eigenvalue weighted by Gasteiger charge is 2.33. The Labute approximate surface area is 121 Å². The number of halogens is 5. The fourth-order valence-electron chi connectivity index (χ4n) is 1.72. The van der Waals surface area contributed by atoms with Crippen LogP contribution in [0.1, 0.15) is 16.1 Å². The van der Waals surface area contributed by atoms with E-state index in [-0.39, 0.29) is 13.1 Å². The van der Waals surface area contributed by atoms with Crippen LogP contribution in [0, 0.1) is 11.6 Å². The van der Waals surface area contributed by atoms with Crippen LogP contribution in [0.3, 0.4) is 0 Å². The van der Waals surface area contributed by atoms with Gasteiger partial charge in [0.05, 0.1) is 6.54 Å². The van der Waals surface area contributed by atoms with Crippen molar-refractivity contribution in [2.75, 3.05) is 6.54 Å². The second kappa shape index (κ2) is 6.12. The average Bonchev–Trinajstić information content (AvgIpc) is 2.87. The number of rotatable bonds is 4. The summed E-state index contributed by atoms with van der Waals surface area (Å²) < 4.78 is 64.7. The van der Waals surface area contributed by atoms with Gasteiger partial charge in [-0.2, -0.15) is 18.3 Å². The molecule has 0 saturated carbocycles. The molecule has 0 atom stereocenters. The SMILES string of the molecule is O=C(NCCn1ccc(C(F)(F)F)n1)c1c(F)cccc1F. The molecule has 2 rings (SSSR count). The van der Waals surface area contributed by atoms with Gasteiger partial charge in [-0.25, -0.2) is 8.78 Å². The van der Waals surface area contributed by atoms with E-state index in [1.165, 1.54) is 0 Å². The standard InChI is InChI=1S/C13H10F5N3O/c14-8-2-1-3-9(15)11(8)12(22)19-5-7-21-6-4-10(20-21)13(16,17)18/h1-4,6H,5,7H2,(H,19,22). The van der Waals surface area contributed by atoms with Crippen LogP contribution < -0.4 is 5.32 Å². The molecule has 1 aromatic carbocycles. The van der Waals surface area contributed by atoms with E-state index in [0.717, 1.165) is 35.1 Å². The maximum Gasteiger partial charge on any atom is 0.435 e. The minimum absolute atomic E-state index is 0.0715. The smallest absolute Gasteiger partial charge is 0.350 e. The third-order valence-corrected chi connectivity index (χ3v) is 2.75. The lowest BCUT2D eigenvalue weighted by molar-refractivity contribution is -0.141. The molecule has 118 valence electrons. The fraction of sp³-hybridized carbons (Fsp3) is 0.231. The average molecular weight is 319 g/mol. The van der Waals surface area contributed by atoms with Gasteiger partial charge in [-0.05, 0) is 18.2 Å². The highest BCUT2D eigenvalue weighted by Crippen LogP contribution is 2.27. The van der Waals surface area contributed by atoms with Crippen LogP contribution in [0.2, 0.25) is 0 Å². The highest BCUT2D eigenvalue weighted by molar-refractivity contribution is 5.94. The summed E-state index contributed by atoms with van der Waals surface area (Å²) in [7, 11) is 0. The van der Waals surface area contributed by atoms with Gasteiger partial charge in [-0.1, -0.05) is 6.07 Å². The van der Waals surface area contributed by atoms with Crippen molar-refractivity contribution in [3.8, 4) is 0 Å². The minimum atomic E-state index is -4.55. The van der Waals surface area contributed by atoms with Crippen molar-refractivity contribution in [1.82, 2.24) is 15.1 Å². The second-order valence-corrected chi connectivity index (χ2v) is 4.31. The van der Waals surface area contributed by atoms with Crippen molar-refractivity contribution >= 4 is 5.91 Å². The Morgan fingerprint density at radius 2 is 1.82 bits per heavy atom. The van der Waals surface area contributed by atoms with Gasteiger partial charge in [0.1, 0.15) is 17.2 Å². The molecule has 0 saturated heterocycles. The molecule has 1 aromatic heterocycles. The van der Waals surface area contributed by atoms with Crippen LogP contribution in [-0.4, -0.2) is 22.2 Å². The van der Waals surface area contributed by atoms with Crippen molar-refractivity contribution in [3.05, 3.63) is 53.4 Å². The summed E-state index contributed by atoms with van der Waals surface area (Å²) in [5.41, 5.74) is -1.79. The highest BCUT2D eigenvalue weighted by atomic mass is 19.4. The maximum atomic E-state index is 13.3. The van der Waals surface area contributed by atoms with Gasteiger partial charge >= 0.3 is 6.18 Å². The van der Waals surface area contributed by atoms with E-state index in [2.05, 4.69) is 10.4 Å². The first-order valence-electron chi connectivity index (χ1n) is 6.12. The summed E-state index contributed by atoms with van der Waals surface area (Å²) >= 11 is 0. The van der Waals surface area contributed by atoms with Gasteiger partial charge in [0.25, 0.3) is 5.91 Å². The van der Waals surface area contributed by atoms with Gasteiger partial charge < -0.3 is 5.32 Å². The van der Waals surface area contributed by atoms with Crippen LogP contribution in [-0.2, 0) is 12.7 Å². The van der Waals surface area contributed by atoms with Gasteiger partial charge in [-0.3, -0.25) is 9.48 Å². The monoisotopic (exact) mass is 319 g/mol. The third kappa shape index (κ3) is 3.60. The van der Waals surface area contributed by atoms with E-state index < -0.39 is 35.0 Å². The topological polar surface area (TPSA) is 46.9 Å². The molecule has 0 aliphatic carbocycles. The Bertz CT molecular complexity index is 660. The molecule has 2 aromatic rings. The van der Waals surface area contributed by atoms with E-state index in [9.17, 15) is 26.7 Å². The molecule has 1 heterocycles. The molecule has 0 radical (unpaired) electrons. The van der Waals surface area contributed by atoms with Crippen molar-refractivity contribution < 1.29 is 26.7 Å². The van der Waals surface area contributed by atoms with Gasteiger partial charge in [0.15, 0.2) is 5.69 Å². The second-order valence-electron chi connectivity index (χ2n) is 4.31.